The first-order chi connectivity index (χ1) is 10.0. The Kier molecular flexibility index (Phi) is 5.24. The third-order valence-corrected chi connectivity index (χ3v) is 3.18. The SMILES string of the molecule is NC(=O)OC(COc1ccc(Cl)c(Cl)c1)Cn1nccn1. The Hall–Kier alpha value is -1.99. The maximum atomic E-state index is 10.9. The summed E-state index contributed by atoms with van der Waals surface area (Å²) in [6.07, 6.45) is 1.50. The normalized spacial score (nSPS) is 11.9. The van der Waals surface area contributed by atoms with E-state index >= 15 is 0 Å². The van der Waals surface area contributed by atoms with Gasteiger partial charge in [-0.05, 0) is 12.1 Å². The number of hydrogen-bond acceptors (Lipinski definition) is 5. The van der Waals surface area contributed by atoms with Gasteiger partial charge in [-0.3, -0.25) is 0 Å². The molecule has 1 aromatic heterocycles. The molecule has 0 saturated carbocycles. The van der Waals surface area contributed by atoms with Crippen LogP contribution in [0.5, 0.6) is 5.75 Å². The molecule has 9 heteroatoms. The molecular formula is C12H12Cl2N4O3. The number of carbonyl (C=O) groups is 1. The zero-order valence-corrected chi connectivity index (χ0v) is 12.3. The van der Waals surface area contributed by atoms with Crippen molar-refractivity contribution < 1.29 is 14.3 Å². The molecule has 1 unspecified atom stereocenters. The summed E-state index contributed by atoms with van der Waals surface area (Å²) in [4.78, 5) is 12.3. The molecule has 0 radical (unpaired) electrons. The van der Waals surface area contributed by atoms with Crippen molar-refractivity contribution in [1.29, 1.82) is 0 Å². The smallest absolute Gasteiger partial charge is 0.404 e. The van der Waals surface area contributed by atoms with Crippen molar-refractivity contribution >= 4 is 29.3 Å². The number of halogens is 2. The van der Waals surface area contributed by atoms with Gasteiger partial charge < -0.3 is 15.2 Å². The molecular weight excluding hydrogens is 319 g/mol. The Bertz CT molecular complexity index is 607. The molecule has 0 aliphatic heterocycles. The molecule has 0 fully saturated rings. The minimum atomic E-state index is -0.898. The van der Waals surface area contributed by atoms with Crippen LogP contribution in [0.1, 0.15) is 0 Å². The van der Waals surface area contributed by atoms with E-state index in [0.29, 0.717) is 15.8 Å². The number of nitrogens with two attached hydrogens (primary N) is 1. The van der Waals surface area contributed by atoms with Gasteiger partial charge in [-0.1, -0.05) is 23.2 Å². The van der Waals surface area contributed by atoms with E-state index in [2.05, 4.69) is 10.2 Å². The van der Waals surface area contributed by atoms with E-state index < -0.39 is 12.2 Å². The summed E-state index contributed by atoms with van der Waals surface area (Å²) in [6, 6.07) is 4.83. The van der Waals surface area contributed by atoms with Crippen molar-refractivity contribution in [3.8, 4) is 5.75 Å². The highest BCUT2D eigenvalue weighted by atomic mass is 35.5. The Morgan fingerprint density at radius 3 is 2.62 bits per heavy atom. The van der Waals surface area contributed by atoms with E-state index in [1.54, 1.807) is 18.2 Å². The fourth-order valence-corrected chi connectivity index (χ4v) is 1.85. The molecule has 0 aliphatic rings. The summed E-state index contributed by atoms with van der Waals surface area (Å²) in [6.45, 7) is 0.291. The fourth-order valence-electron chi connectivity index (χ4n) is 1.56. The summed E-state index contributed by atoms with van der Waals surface area (Å²) in [5.41, 5.74) is 5.03. The second-order valence-corrected chi connectivity index (χ2v) is 4.84. The van der Waals surface area contributed by atoms with E-state index in [9.17, 15) is 4.79 Å². The molecule has 2 aromatic rings. The van der Waals surface area contributed by atoms with Gasteiger partial charge in [0, 0.05) is 6.07 Å². The highest BCUT2D eigenvalue weighted by Gasteiger charge is 2.16. The van der Waals surface area contributed by atoms with Crippen LogP contribution < -0.4 is 10.5 Å². The molecule has 1 amide bonds. The van der Waals surface area contributed by atoms with Gasteiger partial charge in [0.15, 0.2) is 6.10 Å². The van der Waals surface area contributed by atoms with Crippen LogP contribution in [0.4, 0.5) is 4.79 Å². The molecule has 7 nitrogen and oxygen atoms in total. The fraction of sp³-hybridized carbons (Fsp3) is 0.250. The zero-order chi connectivity index (χ0) is 15.2. The molecule has 2 N–H and O–H groups in total. The second-order valence-electron chi connectivity index (χ2n) is 4.03. The minimum Gasteiger partial charge on any atom is -0.490 e. The summed E-state index contributed by atoms with van der Waals surface area (Å²) in [5, 5.41) is 8.64. The van der Waals surface area contributed by atoms with Gasteiger partial charge in [0.05, 0.1) is 22.4 Å². The van der Waals surface area contributed by atoms with Crippen LogP contribution in [-0.2, 0) is 11.3 Å². The number of carbonyl (C=O) groups excluding carboxylic acids is 1. The van der Waals surface area contributed by atoms with Crippen molar-refractivity contribution in [2.45, 2.75) is 12.6 Å². The average Bonchev–Trinajstić information content (AvgIpc) is 2.92. The number of hydrogen-bond donors (Lipinski definition) is 1. The van der Waals surface area contributed by atoms with Crippen LogP contribution in [0.2, 0.25) is 10.0 Å². The Morgan fingerprint density at radius 1 is 1.29 bits per heavy atom. The second kappa shape index (κ2) is 7.14. The van der Waals surface area contributed by atoms with E-state index in [0.717, 1.165) is 0 Å². The molecule has 1 atom stereocenters. The van der Waals surface area contributed by atoms with E-state index in [1.807, 2.05) is 0 Å². The Labute approximate surface area is 130 Å². The van der Waals surface area contributed by atoms with E-state index in [1.165, 1.54) is 17.2 Å². The highest BCUT2D eigenvalue weighted by molar-refractivity contribution is 6.42. The van der Waals surface area contributed by atoms with Crippen LogP contribution >= 0.6 is 23.2 Å². The molecule has 2 rings (SSSR count). The monoisotopic (exact) mass is 330 g/mol. The van der Waals surface area contributed by atoms with Crippen molar-refractivity contribution in [3.05, 3.63) is 40.6 Å². The molecule has 1 aromatic carbocycles. The van der Waals surface area contributed by atoms with Gasteiger partial charge in [0.1, 0.15) is 18.9 Å². The number of primary amides is 1. The van der Waals surface area contributed by atoms with Gasteiger partial charge in [-0.2, -0.15) is 15.0 Å². The lowest BCUT2D eigenvalue weighted by Crippen LogP contribution is -2.32. The topological polar surface area (TPSA) is 92.3 Å². The number of benzene rings is 1. The van der Waals surface area contributed by atoms with E-state index in [4.69, 9.17) is 38.4 Å². The van der Waals surface area contributed by atoms with E-state index in [-0.39, 0.29) is 13.2 Å². The lowest BCUT2D eigenvalue weighted by atomic mass is 10.3. The average molecular weight is 331 g/mol. The van der Waals surface area contributed by atoms with Gasteiger partial charge in [0.25, 0.3) is 0 Å². The Balaban J connectivity index is 1.97. The summed E-state index contributed by atoms with van der Waals surface area (Å²) in [7, 11) is 0. The van der Waals surface area contributed by atoms with Crippen LogP contribution in [0.15, 0.2) is 30.6 Å². The predicted molar refractivity (Wildman–Crippen MR) is 76.4 cm³/mol. The molecule has 0 bridgehead atoms. The predicted octanol–water partition coefficient (Wildman–Crippen LogP) is 2.13. The van der Waals surface area contributed by atoms with Gasteiger partial charge in [0.2, 0.25) is 0 Å². The molecule has 0 spiro atoms. The number of amides is 1. The first-order valence-corrected chi connectivity index (χ1v) is 6.68. The molecule has 0 aliphatic carbocycles. The van der Waals surface area contributed by atoms with Crippen LogP contribution in [-0.4, -0.2) is 33.8 Å². The van der Waals surface area contributed by atoms with Gasteiger partial charge in [-0.15, -0.1) is 0 Å². The van der Waals surface area contributed by atoms with Crippen LogP contribution in [0.25, 0.3) is 0 Å². The highest BCUT2D eigenvalue weighted by Crippen LogP contribution is 2.26. The maximum absolute atomic E-state index is 10.9. The van der Waals surface area contributed by atoms with Crippen molar-refractivity contribution in [1.82, 2.24) is 15.0 Å². The standard InChI is InChI=1S/C12H12Cl2N4O3/c13-10-2-1-8(5-11(10)14)20-7-9(21-12(15)19)6-18-16-3-4-17-18/h1-5,9H,6-7H2,(H2,15,19). The van der Waals surface area contributed by atoms with Crippen molar-refractivity contribution in [2.24, 2.45) is 5.73 Å². The van der Waals surface area contributed by atoms with Gasteiger partial charge in [-0.25, -0.2) is 4.79 Å². The minimum absolute atomic E-state index is 0.0719. The number of rotatable bonds is 6. The molecule has 0 saturated heterocycles. The number of aromatic nitrogens is 3. The first-order valence-electron chi connectivity index (χ1n) is 5.92. The zero-order valence-electron chi connectivity index (χ0n) is 10.8. The number of nitrogens with zero attached hydrogens (tertiary/aromatic N) is 3. The summed E-state index contributed by atoms with van der Waals surface area (Å²) >= 11 is 11.7. The lowest BCUT2D eigenvalue weighted by molar-refractivity contribution is 0.0563. The van der Waals surface area contributed by atoms with Gasteiger partial charge >= 0.3 is 6.09 Å². The molecule has 112 valence electrons. The quantitative estimate of drug-likeness (QED) is 0.875. The van der Waals surface area contributed by atoms with Crippen molar-refractivity contribution in [3.63, 3.8) is 0 Å². The van der Waals surface area contributed by atoms with Crippen LogP contribution in [0, 0.1) is 0 Å². The van der Waals surface area contributed by atoms with Crippen LogP contribution in [0.3, 0.4) is 0 Å². The first kappa shape index (κ1) is 15.4. The third kappa shape index (κ3) is 4.80. The lowest BCUT2D eigenvalue weighted by Gasteiger charge is -2.17. The summed E-state index contributed by atoms with van der Waals surface area (Å²) in [5.74, 6) is 0.496. The number of ether oxygens (including phenoxy) is 2. The largest absolute Gasteiger partial charge is 0.490 e. The maximum Gasteiger partial charge on any atom is 0.404 e. The Morgan fingerprint density at radius 2 is 2.00 bits per heavy atom. The molecule has 1 heterocycles. The molecule has 21 heavy (non-hydrogen) atoms. The van der Waals surface area contributed by atoms with Crippen molar-refractivity contribution in [2.75, 3.05) is 6.61 Å². The third-order valence-electron chi connectivity index (χ3n) is 2.44. The summed E-state index contributed by atoms with van der Waals surface area (Å²) < 4.78 is 10.5.